The van der Waals surface area contributed by atoms with Crippen LogP contribution in [0.4, 0.5) is 0 Å². The third-order valence-electron chi connectivity index (χ3n) is 3.89. The molecule has 144 valence electrons. The van der Waals surface area contributed by atoms with Crippen LogP contribution < -0.4 is 10.6 Å². The van der Waals surface area contributed by atoms with E-state index in [4.69, 9.17) is 5.26 Å². The van der Waals surface area contributed by atoms with Crippen LogP contribution in [-0.4, -0.2) is 35.9 Å². The number of thioether (sulfide) groups is 1. The van der Waals surface area contributed by atoms with Gasteiger partial charge in [0.05, 0.1) is 6.07 Å². The number of hydrogen-bond acceptors (Lipinski definition) is 5. The third-order valence-corrected chi connectivity index (χ3v) is 5.00. The molecule has 28 heavy (non-hydrogen) atoms. The fourth-order valence-corrected chi connectivity index (χ4v) is 3.44. The van der Waals surface area contributed by atoms with Crippen LogP contribution in [0.5, 0.6) is 0 Å². The lowest BCUT2D eigenvalue weighted by molar-refractivity contribution is -0.122. The van der Waals surface area contributed by atoms with Crippen molar-refractivity contribution in [3.05, 3.63) is 71.3 Å². The van der Waals surface area contributed by atoms with Crippen molar-refractivity contribution in [2.75, 3.05) is 12.3 Å². The quantitative estimate of drug-likeness (QED) is 0.502. The average molecular weight is 395 g/mol. The van der Waals surface area contributed by atoms with Crippen molar-refractivity contribution in [3.8, 4) is 6.07 Å². The second kappa shape index (κ2) is 10.9. The summed E-state index contributed by atoms with van der Waals surface area (Å²) < 4.78 is 0. The summed E-state index contributed by atoms with van der Waals surface area (Å²) in [7, 11) is 0. The van der Waals surface area contributed by atoms with E-state index in [1.165, 1.54) is 24.8 Å². The maximum atomic E-state index is 12.6. The number of nitrogens with one attached hydrogen (secondary N) is 2. The van der Waals surface area contributed by atoms with Crippen LogP contribution in [0.15, 0.2) is 54.6 Å². The minimum Gasteiger partial charge on any atom is -0.341 e. The lowest BCUT2D eigenvalue weighted by Crippen LogP contribution is -2.48. The number of nitriles is 1. The highest BCUT2D eigenvalue weighted by atomic mass is 32.2. The molecule has 6 nitrogen and oxygen atoms in total. The summed E-state index contributed by atoms with van der Waals surface area (Å²) in [6.07, 6.45) is 0. The molecule has 2 rings (SSSR count). The molecular weight excluding hydrogens is 374 g/mol. The van der Waals surface area contributed by atoms with Crippen LogP contribution in [-0.2, 0) is 10.5 Å². The first-order valence-electron chi connectivity index (χ1n) is 8.69. The molecule has 0 unspecified atom stereocenters. The van der Waals surface area contributed by atoms with Crippen molar-refractivity contribution < 1.29 is 14.4 Å². The monoisotopic (exact) mass is 395 g/mol. The SMILES string of the molecule is CC(=O)c1cccc(C(=O)N[C@@H](CSCc2ccccc2)C(=O)NCC#N)c1. The molecule has 7 heteroatoms. The van der Waals surface area contributed by atoms with Gasteiger partial charge in [0.1, 0.15) is 12.6 Å². The van der Waals surface area contributed by atoms with Gasteiger partial charge in [0.15, 0.2) is 5.78 Å². The van der Waals surface area contributed by atoms with Crippen molar-refractivity contribution in [2.45, 2.75) is 18.7 Å². The van der Waals surface area contributed by atoms with Gasteiger partial charge in [-0.15, -0.1) is 0 Å². The first-order valence-corrected chi connectivity index (χ1v) is 9.85. The molecule has 0 aliphatic heterocycles. The molecule has 0 heterocycles. The second-order valence-corrected chi connectivity index (χ2v) is 7.07. The van der Waals surface area contributed by atoms with Gasteiger partial charge in [-0.1, -0.05) is 42.5 Å². The van der Waals surface area contributed by atoms with Gasteiger partial charge in [0, 0.05) is 22.6 Å². The molecule has 2 N–H and O–H groups in total. The Kier molecular flexibility index (Phi) is 8.25. The van der Waals surface area contributed by atoms with Crippen molar-refractivity contribution in [1.82, 2.24) is 10.6 Å². The summed E-state index contributed by atoms with van der Waals surface area (Å²) >= 11 is 1.51. The Bertz CT molecular complexity index is 878. The molecule has 0 saturated heterocycles. The Balaban J connectivity index is 2.04. The predicted octanol–water partition coefficient (Wildman–Crippen LogP) is 2.56. The van der Waals surface area contributed by atoms with Crippen LogP contribution in [0.2, 0.25) is 0 Å². The molecule has 0 spiro atoms. The number of Topliss-reactive ketones (excluding diaryl/α,β-unsaturated/α-hetero) is 1. The summed E-state index contributed by atoms with van der Waals surface area (Å²) in [5.41, 5.74) is 1.85. The van der Waals surface area contributed by atoms with Crippen molar-refractivity contribution in [2.24, 2.45) is 0 Å². The van der Waals surface area contributed by atoms with Gasteiger partial charge in [-0.3, -0.25) is 14.4 Å². The molecule has 1 atom stereocenters. The van der Waals surface area contributed by atoms with Gasteiger partial charge >= 0.3 is 0 Å². The van der Waals surface area contributed by atoms with E-state index in [1.54, 1.807) is 18.2 Å². The molecule has 0 fully saturated rings. The number of benzene rings is 2. The van der Waals surface area contributed by atoms with E-state index in [0.717, 1.165) is 5.56 Å². The van der Waals surface area contributed by atoms with Crippen LogP contribution in [0, 0.1) is 11.3 Å². The molecule has 0 aromatic heterocycles. The topological polar surface area (TPSA) is 99.1 Å². The van der Waals surface area contributed by atoms with Crippen molar-refractivity contribution in [1.29, 1.82) is 5.26 Å². The summed E-state index contributed by atoms with van der Waals surface area (Å²) in [4.78, 5) is 36.4. The number of nitrogens with zero attached hydrogens (tertiary/aromatic N) is 1. The minimum absolute atomic E-state index is 0.131. The fraction of sp³-hybridized carbons (Fsp3) is 0.238. The van der Waals surface area contributed by atoms with Crippen LogP contribution >= 0.6 is 11.8 Å². The van der Waals surface area contributed by atoms with Gasteiger partial charge in [-0.05, 0) is 24.6 Å². The van der Waals surface area contributed by atoms with E-state index in [9.17, 15) is 14.4 Å². The lowest BCUT2D eigenvalue weighted by atomic mass is 10.1. The maximum Gasteiger partial charge on any atom is 0.251 e. The highest BCUT2D eigenvalue weighted by Crippen LogP contribution is 2.14. The molecule has 2 aromatic carbocycles. The first kappa shape index (κ1) is 21.2. The Morgan fingerprint density at radius 2 is 1.79 bits per heavy atom. The van der Waals surface area contributed by atoms with Gasteiger partial charge < -0.3 is 10.6 Å². The summed E-state index contributed by atoms with van der Waals surface area (Å²) in [6.45, 7) is 1.30. The maximum absolute atomic E-state index is 12.6. The molecule has 0 aliphatic carbocycles. The lowest BCUT2D eigenvalue weighted by Gasteiger charge is -2.18. The van der Waals surface area contributed by atoms with Crippen LogP contribution in [0.3, 0.4) is 0 Å². The van der Waals surface area contributed by atoms with Gasteiger partial charge in [-0.25, -0.2) is 0 Å². The van der Waals surface area contributed by atoms with E-state index >= 15 is 0 Å². The Morgan fingerprint density at radius 1 is 1.07 bits per heavy atom. The largest absolute Gasteiger partial charge is 0.341 e. The zero-order valence-corrected chi connectivity index (χ0v) is 16.3. The van der Waals surface area contributed by atoms with Gasteiger partial charge in [-0.2, -0.15) is 17.0 Å². The molecule has 0 aliphatic rings. The summed E-state index contributed by atoms with van der Waals surface area (Å²) in [5.74, 6) is 0.0399. The Morgan fingerprint density at radius 3 is 2.46 bits per heavy atom. The summed E-state index contributed by atoms with van der Waals surface area (Å²) in [6, 6.07) is 17.2. The molecule has 2 aromatic rings. The first-order chi connectivity index (χ1) is 13.5. The number of rotatable bonds is 9. The number of carbonyl (C=O) groups excluding carboxylic acids is 3. The highest BCUT2D eigenvalue weighted by molar-refractivity contribution is 7.98. The van der Waals surface area contributed by atoms with E-state index in [1.807, 2.05) is 36.4 Å². The number of carbonyl (C=O) groups is 3. The Labute approximate surface area is 168 Å². The van der Waals surface area contributed by atoms with Crippen molar-refractivity contribution in [3.63, 3.8) is 0 Å². The molecule has 2 amide bonds. The van der Waals surface area contributed by atoms with Crippen molar-refractivity contribution >= 4 is 29.4 Å². The molecular formula is C21H21N3O3S. The van der Waals surface area contributed by atoms with E-state index in [-0.39, 0.29) is 12.3 Å². The molecule has 0 radical (unpaired) electrons. The highest BCUT2D eigenvalue weighted by Gasteiger charge is 2.21. The zero-order valence-electron chi connectivity index (χ0n) is 15.5. The second-order valence-electron chi connectivity index (χ2n) is 6.04. The third kappa shape index (κ3) is 6.56. The zero-order chi connectivity index (χ0) is 20.4. The van der Waals surface area contributed by atoms with E-state index in [0.29, 0.717) is 22.6 Å². The van der Waals surface area contributed by atoms with Crippen LogP contribution in [0.25, 0.3) is 0 Å². The average Bonchev–Trinajstić information content (AvgIpc) is 2.72. The summed E-state index contributed by atoms with van der Waals surface area (Å²) in [5, 5.41) is 13.9. The minimum atomic E-state index is -0.796. The van der Waals surface area contributed by atoms with Crippen LogP contribution in [0.1, 0.15) is 33.2 Å². The number of amides is 2. The normalized spacial score (nSPS) is 11.1. The predicted molar refractivity (Wildman–Crippen MR) is 109 cm³/mol. The molecule has 0 saturated carbocycles. The van der Waals surface area contributed by atoms with Gasteiger partial charge in [0.25, 0.3) is 5.91 Å². The number of ketones is 1. The molecule has 0 bridgehead atoms. The fourth-order valence-electron chi connectivity index (χ4n) is 2.42. The smallest absolute Gasteiger partial charge is 0.251 e. The standard InChI is InChI=1S/C21H21N3O3S/c1-15(25)17-8-5-9-18(12-17)20(26)24-19(21(27)23-11-10-22)14-28-13-16-6-3-2-4-7-16/h2-9,12,19H,11,13-14H2,1H3,(H,23,27)(H,24,26)/t19-/m0/s1. The number of hydrogen-bond donors (Lipinski definition) is 2. The van der Waals surface area contributed by atoms with E-state index in [2.05, 4.69) is 10.6 Å². The Hall–Kier alpha value is -3.11. The van der Waals surface area contributed by atoms with E-state index < -0.39 is 17.9 Å². The van der Waals surface area contributed by atoms with Gasteiger partial charge in [0.2, 0.25) is 5.91 Å².